The molecule has 1 saturated heterocycles. The first kappa shape index (κ1) is 13.5. The Morgan fingerprint density at radius 2 is 2.05 bits per heavy atom. The lowest BCUT2D eigenvalue weighted by atomic mass is 9.62. The highest BCUT2D eigenvalue weighted by molar-refractivity contribution is 6.31. The van der Waals surface area contributed by atoms with Crippen molar-refractivity contribution >= 4 is 22.6 Å². The number of H-pyrrole nitrogens is 1. The molecule has 2 bridgehead atoms. The molecule has 4 rings (SSSR count). The molecule has 2 heterocycles. The molecular weight excluding hydrogens is 288 g/mol. The summed E-state index contributed by atoms with van der Waals surface area (Å²) >= 11 is 6.33. The number of fused-ring (bicyclic) bond motifs is 3. The van der Waals surface area contributed by atoms with Crippen LogP contribution in [0.5, 0.6) is 0 Å². The van der Waals surface area contributed by atoms with Crippen molar-refractivity contribution in [2.45, 2.75) is 24.9 Å². The zero-order valence-corrected chi connectivity index (χ0v) is 12.8. The predicted octanol–water partition coefficient (Wildman–Crippen LogP) is 2.47. The number of nitrogens with one attached hydrogen (secondary N) is 2. The Balaban J connectivity index is 1.97. The van der Waals surface area contributed by atoms with E-state index in [4.69, 9.17) is 16.3 Å². The third-order valence-electron chi connectivity index (χ3n) is 5.25. The molecule has 2 aromatic rings. The quantitative estimate of drug-likeness (QED) is 0.895. The molecule has 1 saturated carbocycles. The Bertz CT molecular complexity index is 649. The van der Waals surface area contributed by atoms with E-state index >= 15 is 0 Å². The first-order valence-electron chi connectivity index (χ1n) is 7.52. The lowest BCUT2D eigenvalue weighted by molar-refractivity contribution is -0.143. The normalized spacial score (nSPS) is 32.5. The van der Waals surface area contributed by atoms with Gasteiger partial charge in [-0.2, -0.15) is 0 Å². The summed E-state index contributed by atoms with van der Waals surface area (Å²) in [5, 5.41) is 15.4. The smallest absolute Gasteiger partial charge is 0.119 e. The van der Waals surface area contributed by atoms with Crippen LogP contribution < -0.4 is 5.32 Å². The Labute approximate surface area is 128 Å². The van der Waals surface area contributed by atoms with Gasteiger partial charge < -0.3 is 10.1 Å². The average molecular weight is 307 g/mol. The Hall–Kier alpha value is -1.17. The van der Waals surface area contributed by atoms with Crippen LogP contribution in [0.15, 0.2) is 12.1 Å². The fourth-order valence-corrected chi connectivity index (χ4v) is 4.63. The van der Waals surface area contributed by atoms with Crippen molar-refractivity contribution in [1.82, 2.24) is 20.7 Å². The van der Waals surface area contributed by atoms with Crippen molar-refractivity contribution in [3.63, 3.8) is 0 Å². The second-order valence-electron chi connectivity index (χ2n) is 6.14. The van der Waals surface area contributed by atoms with Crippen LogP contribution in [0.4, 0.5) is 0 Å². The first-order chi connectivity index (χ1) is 10.3. The van der Waals surface area contributed by atoms with Gasteiger partial charge in [0.2, 0.25) is 0 Å². The third-order valence-corrected chi connectivity index (χ3v) is 5.47. The highest BCUT2D eigenvalue weighted by atomic mass is 35.5. The molecule has 2 aliphatic rings. The summed E-state index contributed by atoms with van der Waals surface area (Å²) in [6, 6.07) is 3.90. The molecule has 2 unspecified atom stereocenters. The molecule has 2 fully saturated rings. The van der Waals surface area contributed by atoms with Gasteiger partial charge >= 0.3 is 0 Å². The van der Waals surface area contributed by atoms with Gasteiger partial charge in [0.25, 0.3) is 0 Å². The number of aromatic nitrogens is 3. The molecule has 2 atom stereocenters. The molecule has 2 N–H and O–H groups in total. The molecule has 1 aromatic carbocycles. The lowest BCUT2D eigenvalue weighted by Gasteiger charge is -2.52. The molecule has 1 aliphatic heterocycles. The number of hydrogen-bond acceptors (Lipinski definition) is 4. The molecule has 0 radical (unpaired) electrons. The molecular formula is C15H19ClN4O. The Morgan fingerprint density at radius 1 is 1.29 bits per heavy atom. The summed E-state index contributed by atoms with van der Waals surface area (Å²) in [6.45, 7) is 1.96. The molecule has 0 spiro atoms. The van der Waals surface area contributed by atoms with Crippen LogP contribution >= 0.6 is 11.6 Å². The number of methoxy groups -OCH3 is 1. The SMILES string of the molecule is COC1(c2cc(Cl)cc3[nH]nnc23)C2CCCC1CNC2. The topological polar surface area (TPSA) is 62.8 Å². The van der Waals surface area contributed by atoms with Crippen LogP contribution in [0.25, 0.3) is 11.0 Å². The van der Waals surface area contributed by atoms with Crippen LogP contribution in [-0.4, -0.2) is 35.6 Å². The molecule has 5 nitrogen and oxygen atoms in total. The molecule has 112 valence electrons. The minimum atomic E-state index is -0.302. The summed E-state index contributed by atoms with van der Waals surface area (Å²) in [6.07, 6.45) is 3.61. The van der Waals surface area contributed by atoms with Gasteiger partial charge in [0.15, 0.2) is 0 Å². The highest BCUT2D eigenvalue weighted by Crippen LogP contribution is 2.51. The number of halogens is 1. The standard InChI is InChI=1S/C15H19ClN4O/c1-21-15(9-3-2-4-10(15)8-17-7-9)12-5-11(16)6-13-14(12)19-20-18-13/h5-6,9-10,17H,2-4,7-8H2,1H3,(H,18,19,20). The van der Waals surface area contributed by atoms with E-state index in [0.29, 0.717) is 16.9 Å². The summed E-state index contributed by atoms with van der Waals surface area (Å²) in [5.41, 5.74) is 2.56. The minimum absolute atomic E-state index is 0.302. The van der Waals surface area contributed by atoms with Crippen molar-refractivity contribution < 1.29 is 4.74 Å². The van der Waals surface area contributed by atoms with Gasteiger partial charge in [-0.25, -0.2) is 0 Å². The van der Waals surface area contributed by atoms with Crippen LogP contribution in [0.3, 0.4) is 0 Å². The molecule has 1 aliphatic carbocycles. The number of benzene rings is 1. The van der Waals surface area contributed by atoms with Crippen molar-refractivity contribution in [2.75, 3.05) is 20.2 Å². The summed E-state index contributed by atoms with van der Waals surface area (Å²) in [7, 11) is 1.82. The van der Waals surface area contributed by atoms with Gasteiger partial charge in [-0.3, -0.25) is 5.10 Å². The van der Waals surface area contributed by atoms with E-state index in [1.54, 1.807) is 0 Å². The first-order valence-corrected chi connectivity index (χ1v) is 7.90. The van der Waals surface area contributed by atoms with Crippen molar-refractivity contribution in [2.24, 2.45) is 11.8 Å². The maximum atomic E-state index is 6.33. The van der Waals surface area contributed by atoms with Gasteiger partial charge in [0.1, 0.15) is 11.1 Å². The van der Waals surface area contributed by atoms with Crippen LogP contribution in [0.2, 0.25) is 5.02 Å². The largest absolute Gasteiger partial charge is 0.373 e. The fourth-order valence-electron chi connectivity index (χ4n) is 4.41. The molecule has 21 heavy (non-hydrogen) atoms. The average Bonchev–Trinajstić information content (AvgIpc) is 2.93. The Kier molecular flexibility index (Phi) is 3.17. The van der Waals surface area contributed by atoms with Gasteiger partial charge in [0.05, 0.1) is 5.52 Å². The lowest BCUT2D eigenvalue weighted by Crippen LogP contribution is -2.58. The van der Waals surface area contributed by atoms with E-state index < -0.39 is 0 Å². The van der Waals surface area contributed by atoms with Crippen molar-refractivity contribution in [3.05, 3.63) is 22.7 Å². The maximum Gasteiger partial charge on any atom is 0.119 e. The van der Waals surface area contributed by atoms with Crippen molar-refractivity contribution in [3.8, 4) is 0 Å². The second-order valence-corrected chi connectivity index (χ2v) is 6.58. The number of aromatic amines is 1. The van der Waals surface area contributed by atoms with Crippen LogP contribution in [0, 0.1) is 11.8 Å². The monoisotopic (exact) mass is 306 g/mol. The van der Waals surface area contributed by atoms with Gasteiger partial charge in [-0.1, -0.05) is 23.2 Å². The van der Waals surface area contributed by atoms with E-state index in [9.17, 15) is 0 Å². The number of ether oxygens (including phenoxy) is 1. The zero-order valence-electron chi connectivity index (χ0n) is 12.0. The van der Waals surface area contributed by atoms with Gasteiger partial charge in [-0.15, -0.1) is 5.10 Å². The maximum absolute atomic E-state index is 6.33. The van der Waals surface area contributed by atoms with Gasteiger partial charge in [-0.05, 0) is 25.0 Å². The van der Waals surface area contributed by atoms with E-state index in [1.165, 1.54) is 19.3 Å². The fraction of sp³-hybridized carbons (Fsp3) is 0.600. The molecule has 0 amide bonds. The predicted molar refractivity (Wildman–Crippen MR) is 81.3 cm³/mol. The van der Waals surface area contributed by atoms with E-state index in [-0.39, 0.29) is 5.60 Å². The summed E-state index contributed by atoms with van der Waals surface area (Å²) < 4.78 is 6.18. The number of piperidine rings is 1. The highest BCUT2D eigenvalue weighted by Gasteiger charge is 2.52. The summed E-state index contributed by atoms with van der Waals surface area (Å²) in [5.74, 6) is 0.904. The van der Waals surface area contributed by atoms with Crippen LogP contribution in [0.1, 0.15) is 24.8 Å². The van der Waals surface area contributed by atoms with E-state index in [1.807, 2.05) is 19.2 Å². The number of rotatable bonds is 2. The zero-order chi connectivity index (χ0) is 14.4. The van der Waals surface area contributed by atoms with E-state index in [2.05, 4.69) is 20.7 Å². The van der Waals surface area contributed by atoms with Crippen molar-refractivity contribution in [1.29, 1.82) is 0 Å². The number of nitrogens with zero attached hydrogens (tertiary/aromatic N) is 2. The third kappa shape index (κ3) is 1.84. The van der Waals surface area contributed by atoms with Crippen LogP contribution in [-0.2, 0) is 10.3 Å². The van der Waals surface area contributed by atoms with Gasteiger partial charge in [0, 0.05) is 42.6 Å². The molecule has 6 heteroatoms. The molecule has 1 aromatic heterocycles. The Morgan fingerprint density at radius 3 is 2.76 bits per heavy atom. The van der Waals surface area contributed by atoms with E-state index in [0.717, 1.165) is 29.7 Å². The second kappa shape index (κ2) is 4.93. The summed E-state index contributed by atoms with van der Waals surface area (Å²) in [4.78, 5) is 0. The minimum Gasteiger partial charge on any atom is -0.373 e. The number of hydrogen-bond donors (Lipinski definition) is 2.